The summed E-state index contributed by atoms with van der Waals surface area (Å²) >= 11 is 3.86. The molecule has 6 nitrogen and oxygen atoms in total. The van der Waals surface area contributed by atoms with Gasteiger partial charge < -0.3 is 20.4 Å². The van der Waals surface area contributed by atoms with Gasteiger partial charge in [0.15, 0.2) is 0 Å². The SMILES string of the molecule is CNCCN(C)C(=O)CC1CC2(CCN(C(=O)NC3C4CC5CC(C4)CC3C5)CC2)c2c(Br)cccc21. The predicted molar refractivity (Wildman–Crippen MR) is 150 cm³/mol. The Labute approximate surface area is 230 Å². The molecule has 0 aromatic heterocycles. The summed E-state index contributed by atoms with van der Waals surface area (Å²) in [6.45, 7) is 3.12. The molecule has 3 amide bonds. The zero-order valence-corrected chi connectivity index (χ0v) is 24.1. The van der Waals surface area contributed by atoms with Crippen molar-refractivity contribution in [1.82, 2.24) is 20.4 Å². The summed E-state index contributed by atoms with van der Waals surface area (Å²) < 4.78 is 1.16. The summed E-state index contributed by atoms with van der Waals surface area (Å²) in [5.74, 6) is 3.72. The Morgan fingerprint density at radius 2 is 1.76 bits per heavy atom. The number of hydrogen-bond acceptors (Lipinski definition) is 3. The minimum Gasteiger partial charge on any atom is -0.344 e. The summed E-state index contributed by atoms with van der Waals surface area (Å²) in [5.41, 5.74) is 2.77. The average Bonchev–Trinajstić information content (AvgIpc) is 3.18. The summed E-state index contributed by atoms with van der Waals surface area (Å²) in [6, 6.07) is 7.04. The van der Waals surface area contributed by atoms with Gasteiger partial charge in [-0.25, -0.2) is 4.79 Å². The first-order chi connectivity index (χ1) is 17.9. The Morgan fingerprint density at radius 3 is 2.41 bits per heavy atom. The van der Waals surface area contributed by atoms with E-state index < -0.39 is 0 Å². The van der Waals surface area contributed by atoms with Crippen LogP contribution in [0.15, 0.2) is 22.7 Å². The van der Waals surface area contributed by atoms with E-state index in [2.05, 4.69) is 49.7 Å². The van der Waals surface area contributed by atoms with Crippen LogP contribution in [-0.2, 0) is 10.2 Å². The zero-order chi connectivity index (χ0) is 25.7. The number of carbonyl (C=O) groups excluding carboxylic acids is 2. The highest BCUT2D eigenvalue weighted by atomic mass is 79.9. The highest BCUT2D eigenvalue weighted by Gasteiger charge is 2.50. The summed E-state index contributed by atoms with van der Waals surface area (Å²) in [7, 11) is 3.83. The van der Waals surface area contributed by atoms with Gasteiger partial charge in [0.05, 0.1) is 0 Å². The van der Waals surface area contributed by atoms with E-state index in [-0.39, 0.29) is 23.3 Å². The molecule has 6 aliphatic rings. The molecule has 202 valence electrons. The molecular weight excluding hydrogens is 528 g/mol. The van der Waals surface area contributed by atoms with Gasteiger partial charge in [-0.2, -0.15) is 0 Å². The third-order valence-electron chi connectivity index (χ3n) is 10.7. The van der Waals surface area contributed by atoms with Crippen molar-refractivity contribution >= 4 is 27.9 Å². The summed E-state index contributed by atoms with van der Waals surface area (Å²) in [6.07, 6.45) is 10.3. The fourth-order valence-electron chi connectivity index (χ4n) is 9.06. The number of piperidine rings is 1. The molecule has 1 aromatic carbocycles. The minimum absolute atomic E-state index is 0.0450. The smallest absolute Gasteiger partial charge is 0.317 e. The van der Waals surface area contributed by atoms with Crippen LogP contribution in [0.25, 0.3) is 0 Å². The molecular formula is C30H43BrN4O2. The van der Waals surface area contributed by atoms with Crippen LogP contribution < -0.4 is 10.6 Å². The number of likely N-dealkylation sites (tertiary alicyclic amines) is 1. The Hall–Kier alpha value is -1.60. The van der Waals surface area contributed by atoms with Crippen molar-refractivity contribution in [2.24, 2.45) is 23.7 Å². The fourth-order valence-corrected chi connectivity index (χ4v) is 9.87. The molecule has 37 heavy (non-hydrogen) atoms. The van der Waals surface area contributed by atoms with E-state index in [1.165, 1.54) is 43.2 Å². The van der Waals surface area contributed by atoms with Gasteiger partial charge in [0.2, 0.25) is 5.91 Å². The summed E-state index contributed by atoms with van der Waals surface area (Å²) in [4.78, 5) is 30.4. The van der Waals surface area contributed by atoms with Crippen LogP contribution in [0.4, 0.5) is 4.79 Å². The van der Waals surface area contributed by atoms with Crippen molar-refractivity contribution in [3.63, 3.8) is 0 Å². The number of nitrogens with one attached hydrogen (secondary N) is 2. The van der Waals surface area contributed by atoms with E-state index in [9.17, 15) is 9.59 Å². The van der Waals surface area contributed by atoms with E-state index in [1.54, 1.807) is 0 Å². The first-order valence-electron chi connectivity index (χ1n) is 14.6. The lowest BCUT2D eigenvalue weighted by molar-refractivity contribution is -0.130. The number of carbonyl (C=O) groups is 2. The maximum absolute atomic E-state index is 13.4. The Morgan fingerprint density at radius 1 is 1.08 bits per heavy atom. The van der Waals surface area contributed by atoms with E-state index >= 15 is 0 Å². The highest BCUT2D eigenvalue weighted by molar-refractivity contribution is 9.10. The largest absolute Gasteiger partial charge is 0.344 e. The predicted octanol–water partition coefficient (Wildman–Crippen LogP) is 4.87. The molecule has 1 aliphatic heterocycles. The molecule has 4 saturated carbocycles. The second-order valence-electron chi connectivity index (χ2n) is 12.9. The molecule has 1 atom stereocenters. The lowest BCUT2D eigenvalue weighted by Gasteiger charge is -2.54. The monoisotopic (exact) mass is 570 g/mol. The molecule has 1 aromatic rings. The van der Waals surface area contributed by atoms with E-state index in [0.29, 0.717) is 24.3 Å². The second-order valence-corrected chi connectivity index (χ2v) is 13.8. The zero-order valence-electron chi connectivity index (χ0n) is 22.5. The molecule has 7 heteroatoms. The maximum atomic E-state index is 13.4. The summed E-state index contributed by atoms with van der Waals surface area (Å²) in [5, 5.41) is 6.66. The van der Waals surface area contributed by atoms with Crippen molar-refractivity contribution in [3.05, 3.63) is 33.8 Å². The number of benzene rings is 1. The van der Waals surface area contributed by atoms with Crippen molar-refractivity contribution in [3.8, 4) is 0 Å². The van der Waals surface area contributed by atoms with Gasteiger partial charge in [-0.15, -0.1) is 0 Å². The van der Waals surface area contributed by atoms with Crippen LogP contribution >= 0.6 is 15.9 Å². The van der Waals surface area contributed by atoms with Gasteiger partial charge in [0, 0.05) is 55.6 Å². The number of hydrogen-bond donors (Lipinski definition) is 2. The second kappa shape index (κ2) is 10.2. The maximum Gasteiger partial charge on any atom is 0.317 e. The lowest BCUT2D eigenvalue weighted by atomic mass is 9.54. The Kier molecular flexibility index (Phi) is 7.06. The van der Waals surface area contributed by atoms with Crippen molar-refractivity contribution in [1.29, 1.82) is 0 Å². The van der Waals surface area contributed by atoms with Gasteiger partial charge >= 0.3 is 6.03 Å². The van der Waals surface area contributed by atoms with E-state index in [1.807, 2.05) is 19.0 Å². The first kappa shape index (κ1) is 25.7. The number of amides is 3. The number of halogens is 1. The average molecular weight is 572 g/mol. The van der Waals surface area contributed by atoms with E-state index in [4.69, 9.17) is 0 Å². The van der Waals surface area contributed by atoms with Gasteiger partial charge in [0.1, 0.15) is 0 Å². The van der Waals surface area contributed by atoms with Gasteiger partial charge in [-0.1, -0.05) is 28.1 Å². The fraction of sp³-hybridized carbons (Fsp3) is 0.733. The molecule has 1 saturated heterocycles. The van der Waals surface area contributed by atoms with Crippen LogP contribution in [0.2, 0.25) is 0 Å². The highest BCUT2D eigenvalue weighted by Crippen LogP contribution is 2.56. The molecule has 2 N–H and O–H groups in total. The van der Waals surface area contributed by atoms with Crippen LogP contribution in [0.1, 0.15) is 74.8 Å². The van der Waals surface area contributed by atoms with Gasteiger partial charge in [-0.05, 0) is 105 Å². The van der Waals surface area contributed by atoms with Gasteiger partial charge in [-0.3, -0.25) is 4.79 Å². The quantitative estimate of drug-likeness (QED) is 0.512. The molecule has 1 unspecified atom stereocenters. The van der Waals surface area contributed by atoms with E-state index in [0.717, 1.165) is 61.8 Å². The normalized spacial score (nSPS) is 33.0. The third kappa shape index (κ3) is 4.73. The molecule has 5 fully saturated rings. The van der Waals surface area contributed by atoms with Crippen LogP contribution in [-0.4, -0.2) is 68.1 Å². The minimum atomic E-state index is 0.0450. The molecule has 0 radical (unpaired) electrons. The lowest BCUT2D eigenvalue weighted by Crippen LogP contribution is -2.59. The molecule has 7 rings (SSSR count). The van der Waals surface area contributed by atoms with Crippen LogP contribution in [0.5, 0.6) is 0 Å². The van der Waals surface area contributed by atoms with Crippen LogP contribution in [0, 0.1) is 23.7 Å². The number of urea groups is 1. The van der Waals surface area contributed by atoms with Gasteiger partial charge in [0.25, 0.3) is 0 Å². The Balaban J connectivity index is 1.11. The number of likely N-dealkylation sites (N-methyl/N-ethyl adjacent to an activating group) is 2. The standard InChI is InChI=1S/C30H43BrN4O2/c1-32-8-11-34(2)26(36)17-23-18-30(27-24(23)4-3-5-25(27)31)6-9-35(10-7-30)29(37)33-28-21-13-19-12-20(15-21)16-22(28)14-19/h3-5,19-23,28,32H,6-18H2,1-2H3,(H,33,37). The first-order valence-corrected chi connectivity index (χ1v) is 15.4. The van der Waals surface area contributed by atoms with Crippen molar-refractivity contribution in [2.45, 2.75) is 75.2 Å². The number of fused-ring (bicyclic) bond motifs is 2. The Bertz CT molecular complexity index is 1010. The molecule has 5 aliphatic carbocycles. The molecule has 1 spiro atoms. The van der Waals surface area contributed by atoms with Crippen molar-refractivity contribution < 1.29 is 9.59 Å². The number of nitrogens with zero attached hydrogens (tertiary/aromatic N) is 2. The number of rotatable bonds is 6. The van der Waals surface area contributed by atoms with Crippen molar-refractivity contribution in [2.75, 3.05) is 40.3 Å². The third-order valence-corrected chi connectivity index (χ3v) is 11.4. The molecule has 1 heterocycles. The molecule has 4 bridgehead atoms. The topological polar surface area (TPSA) is 64.7 Å². The van der Waals surface area contributed by atoms with Crippen LogP contribution in [0.3, 0.4) is 0 Å².